The Morgan fingerprint density at radius 2 is 2.00 bits per heavy atom. The van der Waals surface area contributed by atoms with Gasteiger partial charge in [0.15, 0.2) is 0 Å². The van der Waals surface area contributed by atoms with Crippen LogP contribution in [0.1, 0.15) is 32.8 Å². The van der Waals surface area contributed by atoms with E-state index in [1.54, 1.807) is 0 Å². The van der Waals surface area contributed by atoms with Gasteiger partial charge in [-0.25, -0.2) is 0 Å². The number of anilines is 1. The van der Waals surface area contributed by atoms with Crippen molar-refractivity contribution in [2.45, 2.75) is 34.1 Å². The first-order valence-corrected chi connectivity index (χ1v) is 7.05. The number of benzene rings is 1. The highest BCUT2D eigenvalue weighted by Crippen LogP contribution is 2.21. The van der Waals surface area contributed by atoms with E-state index in [4.69, 9.17) is 5.73 Å². The molecule has 0 saturated heterocycles. The third-order valence-corrected chi connectivity index (χ3v) is 3.55. The van der Waals surface area contributed by atoms with Crippen LogP contribution in [0.15, 0.2) is 24.3 Å². The van der Waals surface area contributed by atoms with Crippen LogP contribution in [0.4, 0.5) is 5.69 Å². The highest BCUT2D eigenvalue weighted by molar-refractivity contribution is 5.95. The van der Waals surface area contributed by atoms with E-state index in [2.05, 4.69) is 19.9 Å². The average Bonchev–Trinajstić information content (AvgIpc) is 2.38. The summed E-state index contributed by atoms with van der Waals surface area (Å²) in [5, 5.41) is 0. The molecule has 0 aromatic heterocycles. The predicted molar refractivity (Wildman–Crippen MR) is 81.2 cm³/mol. The summed E-state index contributed by atoms with van der Waals surface area (Å²) in [5.41, 5.74) is 7.73. The second-order valence-electron chi connectivity index (χ2n) is 5.50. The zero-order chi connectivity index (χ0) is 14.4. The van der Waals surface area contributed by atoms with Crippen molar-refractivity contribution in [2.75, 3.05) is 18.0 Å². The number of carbonyl (C=O) groups is 1. The van der Waals surface area contributed by atoms with E-state index < -0.39 is 0 Å². The topological polar surface area (TPSA) is 46.3 Å². The largest absolute Gasteiger partial charge is 0.330 e. The van der Waals surface area contributed by atoms with Gasteiger partial charge in [0.1, 0.15) is 0 Å². The smallest absolute Gasteiger partial charge is 0.230 e. The van der Waals surface area contributed by atoms with Crippen molar-refractivity contribution < 1.29 is 4.79 Å². The summed E-state index contributed by atoms with van der Waals surface area (Å²) >= 11 is 0. The van der Waals surface area contributed by atoms with Crippen LogP contribution in [-0.2, 0) is 4.79 Å². The molecule has 0 aliphatic heterocycles. The van der Waals surface area contributed by atoms with Gasteiger partial charge in [0.25, 0.3) is 0 Å². The maximum atomic E-state index is 12.6. The second-order valence-corrected chi connectivity index (χ2v) is 5.50. The number of nitrogens with zero attached hydrogens (tertiary/aromatic N) is 1. The minimum Gasteiger partial charge on any atom is -0.330 e. The maximum absolute atomic E-state index is 12.6. The fourth-order valence-corrected chi connectivity index (χ4v) is 1.94. The van der Waals surface area contributed by atoms with Crippen molar-refractivity contribution >= 4 is 11.6 Å². The molecule has 1 atom stereocenters. The third kappa shape index (κ3) is 4.35. The van der Waals surface area contributed by atoms with Crippen LogP contribution < -0.4 is 10.6 Å². The van der Waals surface area contributed by atoms with E-state index in [-0.39, 0.29) is 11.8 Å². The molecule has 2 N–H and O–H groups in total. The van der Waals surface area contributed by atoms with Crippen LogP contribution in [0.5, 0.6) is 0 Å². The molecule has 1 unspecified atom stereocenters. The van der Waals surface area contributed by atoms with Gasteiger partial charge in [0.2, 0.25) is 5.91 Å². The first kappa shape index (κ1) is 15.7. The molecule has 106 valence electrons. The summed E-state index contributed by atoms with van der Waals surface area (Å²) in [5.74, 6) is 0.560. The Morgan fingerprint density at radius 1 is 1.32 bits per heavy atom. The van der Waals surface area contributed by atoms with Crippen LogP contribution in [0.25, 0.3) is 0 Å². The molecule has 1 amide bonds. The molecule has 0 saturated carbocycles. The lowest BCUT2D eigenvalue weighted by molar-refractivity contribution is -0.123. The van der Waals surface area contributed by atoms with Crippen molar-refractivity contribution in [2.24, 2.45) is 17.6 Å². The highest BCUT2D eigenvalue weighted by Gasteiger charge is 2.23. The van der Waals surface area contributed by atoms with Gasteiger partial charge >= 0.3 is 0 Å². The van der Waals surface area contributed by atoms with Gasteiger partial charge in [0.05, 0.1) is 0 Å². The minimum absolute atomic E-state index is 0.0262. The third-order valence-electron chi connectivity index (χ3n) is 3.55. The van der Waals surface area contributed by atoms with Gasteiger partial charge in [-0.1, -0.05) is 32.9 Å². The van der Waals surface area contributed by atoms with Crippen LogP contribution in [-0.4, -0.2) is 19.0 Å². The van der Waals surface area contributed by atoms with Crippen molar-refractivity contribution in [3.05, 3.63) is 29.8 Å². The first-order chi connectivity index (χ1) is 8.97. The van der Waals surface area contributed by atoms with Crippen LogP contribution in [0, 0.1) is 18.8 Å². The zero-order valence-corrected chi connectivity index (χ0v) is 12.5. The molecule has 0 spiro atoms. The molecule has 0 aliphatic carbocycles. The lowest BCUT2D eigenvalue weighted by atomic mass is 9.96. The number of rotatable bonds is 6. The second kappa shape index (κ2) is 7.29. The monoisotopic (exact) mass is 262 g/mol. The number of amides is 1. The Bertz CT molecular complexity index is 415. The molecule has 0 heterocycles. The number of aryl methyl sites for hydroxylation is 1. The predicted octanol–water partition coefficient (Wildman–Crippen LogP) is 2.97. The maximum Gasteiger partial charge on any atom is 0.230 e. The zero-order valence-electron chi connectivity index (χ0n) is 12.5. The lowest BCUT2D eigenvalue weighted by Gasteiger charge is -2.27. The SMILES string of the molecule is Cc1cccc(N(CCCN)C(=O)C(C)C(C)C)c1. The summed E-state index contributed by atoms with van der Waals surface area (Å²) < 4.78 is 0. The quantitative estimate of drug-likeness (QED) is 0.856. The minimum atomic E-state index is 0.0262. The summed E-state index contributed by atoms with van der Waals surface area (Å²) in [6.07, 6.45) is 0.824. The van der Waals surface area contributed by atoms with Gasteiger partial charge in [0, 0.05) is 18.2 Å². The molecule has 1 aromatic carbocycles. The summed E-state index contributed by atoms with van der Waals surface area (Å²) in [7, 11) is 0. The Morgan fingerprint density at radius 3 is 2.53 bits per heavy atom. The molecule has 0 bridgehead atoms. The van der Waals surface area contributed by atoms with Gasteiger partial charge in [-0.05, 0) is 43.5 Å². The van der Waals surface area contributed by atoms with Crippen molar-refractivity contribution in [1.29, 1.82) is 0 Å². The van der Waals surface area contributed by atoms with Gasteiger partial charge < -0.3 is 10.6 Å². The van der Waals surface area contributed by atoms with E-state index in [1.165, 1.54) is 5.56 Å². The molecule has 3 nitrogen and oxygen atoms in total. The number of nitrogens with two attached hydrogens (primary N) is 1. The first-order valence-electron chi connectivity index (χ1n) is 7.05. The highest BCUT2D eigenvalue weighted by atomic mass is 16.2. The average molecular weight is 262 g/mol. The van der Waals surface area contributed by atoms with Gasteiger partial charge in [-0.2, -0.15) is 0 Å². The molecule has 1 aromatic rings. The molecular formula is C16H26N2O. The Kier molecular flexibility index (Phi) is 6.03. The standard InChI is InChI=1S/C16H26N2O/c1-12(2)14(4)16(19)18(10-6-9-17)15-8-5-7-13(3)11-15/h5,7-8,11-12,14H,6,9-10,17H2,1-4H3. The van der Waals surface area contributed by atoms with Crippen molar-refractivity contribution in [1.82, 2.24) is 0 Å². The van der Waals surface area contributed by atoms with E-state index in [0.29, 0.717) is 19.0 Å². The van der Waals surface area contributed by atoms with E-state index >= 15 is 0 Å². The van der Waals surface area contributed by atoms with Crippen molar-refractivity contribution in [3.63, 3.8) is 0 Å². The van der Waals surface area contributed by atoms with Gasteiger partial charge in [-0.3, -0.25) is 4.79 Å². The van der Waals surface area contributed by atoms with Gasteiger partial charge in [-0.15, -0.1) is 0 Å². The van der Waals surface area contributed by atoms with E-state index in [0.717, 1.165) is 12.1 Å². The molecule has 1 rings (SSSR count). The van der Waals surface area contributed by atoms with E-state index in [9.17, 15) is 4.79 Å². The summed E-state index contributed by atoms with van der Waals surface area (Å²) in [6, 6.07) is 8.09. The Hall–Kier alpha value is -1.35. The fourth-order valence-electron chi connectivity index (χ4n) is 1.94. The van der Waals surface area contributed by atoms with Crippen LogP contribution >= 0.6 is 0 Å². The Labute approximate surface area is 116 Å². The fraction of sp³-hybridized carbons (Fsp3) is 0.562. The van der Waals surface area contributed by atoms with Crippen LogP contribution in [0.2, 0.25) is 0 Å². The Balaban J connectivity index is 2.97. The molecule has 0 fully saturated rings. The molecule has 3 heteroatoms. The normalized spacial score (nSPS) is 12.5. The van der Waals surface area contributed by atoms with Crippen molar-refractivity contribution in [3.8, 4) is 0 Å². The summed E-state index contributed by atoms with van der Waals surface area (Å²) in [6.45, 7) is 9.50. The van der Waals surface area contributed by atoms with E-state index in [1.807, 2.05) is 36.9 Å². The molecule has 19 heavy (non-hydrogen) atoms. The molecule has 0 aliphatic rings. The molecule has 0 radical (unpaired) electrons. The summed E-state index contributed by atoms with van der Waals surface area (Å²) in [4.78, 5) is 14.5. The van der Waals surface area contributed by atoms with Crippen LogP contribution in [0.3, 0.4) is 0 Å². The number of hydrogen-bond donors (Lipinski definition) is 1. The molecular weight excluding hydrogens is 236 g/mol. The number of carbonyl (C=O) groups excluding carboxylic acids is 1. The lowest BCUT2D eigenvalue weighted by Crippen LogP contribution is -2.38. The number of hydrogen-bond acceptors (Lipinski definition) is 2.